The maximum atomic E-state index is 12.6. The van der Waals surface area contributed by atoms with Crippen LogP contribution in [-0.2, 0) is 14.4 Å². The molecule has 118 valence electrons. The minimum Gasteiger partial charge on any atom is -0.323 e. The maximum Gasteiger partial charge on any atom is 0.244 e. The molecular formula is C17H17N3O3. The second-order valence-corrected chi connectivity index (χ2v) is 6.39. The number of likely N-dealkylation sites (tertiary alicyclic amines) is 1. The van der Waals surface area contributed by atoms with Crippen molar-refractivity contribution in [1.29, 1.82) is 0 Å². The molecule has 0 spiro atoms. The van der Waals surface area contributed by atoms with Gasteiger partial charge in [0.05, 0.1) is 23.7 Å². The van der Waals surface area contributed by atoms with E-state index >= 15 is 0 Å². The first-order valence-corrected chi connectivity index (χ1v) is 7.88. The van der Waals surface area contributed by atoms with Crippen molar-refractivity contribution < 1.29 is 14.4 Å². The summed E-state index contributed by atoms with van der Waals surface area (Å²) >= 11 is 0. The average molecular weight is 311 g/mol. The molecule has 6 heteroatoms. The summed E-state index contributed by atoms with van der Waals surface area (Å²) in [4.78, 5) is 42.4. The number of imide groups is 1. The highest BCUT2D eigenvalue weighted by molar-refractivity contribution is 6.09. The molecule has 23 heavy (non-hydrogen) atoms. The number of hydrogen-bond acceptors (Lipinski definition) is 4. The van der Waals surface area contributed by atoms with Gasteiger partial charge in [0.2, 0.25) is 17.7 Å². The van der Waals surface area contributed by atoms with Crippen molar-refractivity contribution in [2.24, 2.45) is 23.7 Å². The van der Waals surface area contributed by atoms with Gasteiger partial charge in [0.25, 0.3) is 0 Å². The monoisotopic (exact) mass is 311 g/mol. The van der Waals surface area contributed by atoms with Gasteiger partial charge < -0.3 is 5.32 Å². The van der Waals surface area contributed by atoms with Crippen molar-refractivity contribution in [3.8, 4) is 0 Å². The zero-order chi connectivity index (χ0) is 16.0. The van der Waals surface area contributed by atoms with Crippen molar-refractivity contribution in [3.63, 3.8) is 0 Å². The van der Waals surface area contributed by atoms with Gasteiger partial charge in [-0.2, -0.15) is 0 Å². The van der Waals surface area contributed by atoms with Gasteiger partial charge in [-0.05, 0) is 36.8 Å². The molecule has 4 atom stereocenters. The van der Waals surface area contributed by atoms with Crippen molar-refractivity contribution in [3.05, 3.63) is 36.7 Å². The van der Waals surface area contributed by atoms with Crippen LogP contribution < -0.4 is 5.32 Å². The molecule has 1 saturated heterocycles. The summed E-state index contributed by atoms with van der Waals surface area (Å²) < 4.78 is 0. The van der Waals surface area contributed by atoms with Gasteiger partial charge in [-0.1, -0.05) is 12.2 Å². The average Bonchev–Trinajstić information content (AvgIpc) is 2.84. The molecule has 0 aromatic carbocycles. The minimum atomic E-state index is -0.376. The maximum absolute atomic E-state index is 12.6. The van der Waals surface area contributed by atoms with Crippen molar-refractivity contribution in [2.45, 2.75) is 12.8 Å². The van der Waals surface area contributed by atoms with E-state index in [9.17, 15) is 14.4 Å². The quantitative estimate of drug-likeness (QED) is 0.672. The van der Waals surface area contributed by atoms with Crippen LogP contribution in [0, 0.1) is 23.7 Å². The van der Waals surface area contributed by atoms with E-state index in [1.807, 2.05) is 0 Å². The molecule has 1 aromatic rings. The fraction of sp³-hybridized carbons (Fsp3) is 0.412. The molecule has 2 heterocycles. The number of aromatic nitrogens is 1. The molecule has 1 saturated carbocycles. The van der Waals surface area contributed by atoms with Crippen molar-refractivity contribution in [1.82, 2.24) is 9.88 Å². The summed E-state index contributed by atoms with van der Waals surface area (Å²) in [7, 11) is 0. The van der Waals surface area contributed by atoms with E-state index in [1.165, 1.54) is 6.20 Å². The summed E-state index contributed by atoms with van der Waals surface area (Å²) in [6.45, 7) is -0.223. The van der Waals surface area contributed by atoms with Gasteiger partial charge in [0.1, 0.15) is 6.54 Å². The molecule has 2 fully saturated rings. The molecule has 3 amide bonds. The Bertz CT molecular complexity index is 668. The lowest BCUT2D eigenvalue weighted by Crippen LogP contribution is -2.38. The second kappa shape index (κ2) is 5.30. The fourth-order valence-electron chi connectivity index (χ4n) is 4.07. The Kier molecular flexibility index (Phi) is 3.25. The highest BCUT2D eigenvalue weighted by atomic mass is 16.2. The highest BCUT2D eigenvalue weighted by Gasteiger charge is 2.56. The van der Waals surface area contributed by atoms with Gasteiger partial charge >= 0.3 is 0 Å². The van der Waals surface area contributed by atoms with E-state index in [2.05, 4.69) is 22.5 Å². The van der Waals surface area contributed by atoms with Gasteiger partial charge in [0, 0.05) is 6.20 Å². The molecule has 2 bridgehead atoms. The summed E-state index contributed by atoms with van der Waals surface area (Å²) in [5.41, 5.74) is 0.552. The van der Waals surface area contributed by atoms with Gasteiger partial charge in [-0.3, -0.25) is 24.3 Å². The Morgan fingerprint density at radius 1 is 1.17 bits per heavy atom. The summed E-state index contributed by atoms with van der Waals surface area (Å²) in [5, 5.41) is 2.67. The van der Waals surface area contributed by atoms with E-state index in [0.717, 1.165) is 17.7 Å². The SMILES string of the molecule is O=C(CN1C(=O)[C@@H]2[C@@H](C1=O)[C@H]1C=C[C@H]2CC1)Nc1cccnc1. The van der Waals surface area contributed by atoms with Gasteiger partial charge in [0.15, 0.2) is 0 Å². The summed E-state index contributed by atoms with van der Waals surface area (Å²) in [5.74, 6) is -1.00. The number of carbonyl (C=O) groups excluding carboxylic acids is 3. The van der Waals surface area contributed by atoms with Crippen molar-refractivity contribution in [2.75, 3.05) is 11.9 Å². The van der Waals surface area contributed by atoms with Crippen LogP contribution in [0.15, 0.2) is 36.7 Å². The van der Waals surface area contributed by atoms with E-state index in [0.29, 0.717) is 5.69 Å². The van der Waals surface area contributed by atoms with Crippen LogP contribution in [0.5, 0.6) is 0 Å². The number of rotatable bonds is 3. The molecule has 4 aliphatic rings. The highest BCUT2D eigenvalue weighted by Crippen LogP contribution is 2.49. The molecule has 0 radical (unpaired) electrons. The lowest BCUT2D eigenvalue weighted by molar-refractivity contribution is -0.142. The van der Waals surface area contributed by atoms with Crippen LogP contribution in [0.1, 0.15) is 12.8 Å². The Morgan fingerprint density at radius 3 is 2.35 bits per heavy atom. The smallest absolute Gasteiger partial charge is 0.244 e. The van der Waals surface area contributed by atoms with E-state index in [-0.39, 0.29) is 47.9 Å². The van der Waals surface area contributed by atoms with Crippen LogP contribution in [-0.4, -0.2) is 34.2 Å². The number of amides is 3. The van der Waals surface area contributed by atoms with Crippen LogP contribution in [0.4, 0.5) is 5.69 Å². The van der Waals surface area contributed by atoms with Crippen LogP contribution in [0.25, 0.3) is 0 Å². The first-order valence-electron chi connectivity index (χ1n) is 7.88. The van der Waals surface area contributed by atoms with Crippen molar-refractivity contribution >= 4 is 23.4 Å². The van der Waals surface area contributed by atoms with E-state index < -0.39 is 0 Å². The van der Waals surface area contributed by atoms with Gasteiger partial charge in [-0.15, -0.1) is 0 Å². The normalized spacial score (nSPS) is 31.4. The number of allylic oxidation sites excluding steroid dienone is 2. The lowest BCUT2D eigenvalue weighted by Gasteiger charge is -2.38. The number of carbonyl (C=O) groups is 3. The number of anilines is 1. The first-order chi connectivity index (χ1) is 11.1. The van der Waals surface area contributed by atoms with Gasteiger partial charge in [-0.25, -0.2) is 0 Å². The number of nitrogens with one attached hydrogen (secondary N) is 1. The molecule has 0 unspecified atom stereocenters. The standard InChI is InChI=1S/C17H17N3O3/c21-13(19-12-2-1-7-18-8-12)9-20-16(22)14-10-3-4-11(6-5-10)15(14)17(20)23/h1-4,7-8,10-11,14-15H,5-6,9H2,(H,19,21)/t10-,11-,14-,15-/m0/s1. The van der Waals surface area contributed by atoms with E-state index in [4.69, 9.17) is 0 Å². The largest absolute Gasteiger partial charge is 0.323 e. The molecule has 1 aromatic heterocycles. The Morgan fingerprint density at radius 2 is 1.83 bits per heavy atom. The fourth-order valence-corrected chi connectivity index (χ4v) is 4.07. The number of hydrogen-bond donors (Lipinski definition) is 1. The molecule has 1 N–H and O–H groups in total. The first kappa shape index (κ1) is 14.1. The third-order valence-electron chi connectivity index (χ3n) is 5.10. The predicted molar refractivity (Wildman–Crippen MR) is 81.9 cm³/mol. The minimum absolute atomic E-state index is 0.146. The topological polar surface area (TPSA) is 79.4 Å². The number of fused-ring (bicyclic) bond motifs is 1. The predicted octanol–water partition coefficient (Wildman–Crippen LogP) is 1.22. The Balaban J connectivity index is 1.49. The second-order valence-electron chi connectivity index (χ2n) is 6.39. The number of nitrogens with zero attached hydrogens (tertiary/aromatic N) is 2. The zero-order valence-corrected chi connectivity index (χ0v) is 12.5. The van der Waals surface area contributed by atoms with Crippen LogP contribution in [0.2, 0.25) is 0 Å². The molecule has 5 rings (SSSR count). The Hall–Kier alpha value is -2.50. The van der Waals surface area contributed by atoms with Crippen LogP contribution in [0.3, 0.4) is 0 Å². The summed E-state index contributed by atoms with van der Waals surface area (Å²) in [6.07, 6.45) is 9.18. The molecular weight excluding hydrogens is 294 g/mol. The third kappa shape index (κ3) is 2.25. The van der Waals surface area contributed by atoms with Crippen LogP contribution >= 0.6 is 0 Å². The molecule has 6 nitrogen and oxygen atoms in total. The lowest BCUT2D eigenvalue weighted by atomic mass is 9.63. The molecule has 3 aliphatic carbocycles. The summed E-state index contributed by atoms with van der Waals surface area (Å²) in [6, 6.07) is 3.42. The third-order valence-corrected chi connectivity index (χ3v) is 5.10. The Labute approximate surface area is 133 Å². The van der Waals surface area contributed by atoms with E-state index in [1.54, 1.807) is 18.3 Å². The number of pyridine rings is 1. The molecule has 1 aliphatic heterocycles. The zero-order valence-electron chi connectivity index (χ0n) is 12.5.